The lowest BCUT2D eigenvalue weighted by molar-refractivity contribution is -0.153. The molecule has 0 aromatic heterocycles. The number of benzene rings is 2. The first kappa shape index (κ1) is 24.0. The second-order valence-electron chi connectivity index (χ2n) is 6.82. The van der Waals surface area contributed by atoms with E-state index in [0.717, 1.165) is 11.1 Å². The van der Waals surface area contributed by atoms with Crippen molar-refractivity contribution in [3.63, 3.8) is 0 Å². The van der Waals surface area contributed by atoms with Crippen molar-refractivity contribution in [3.8, 4) is 5.75 Å². The van der Waals surface area contributed by atoms with Crippen LogP contribution in [0.1, 0.15) is 18.1 Å². The van der Waals surface area contributed by atoms with Crippen molar-refractivity contribution in [1.29, 1.82) is 0 Å². The van der Waals surface area contributed by atoms with E-state index in [-0.39, 0.29) is 5.91 Å². The number of halogens is 1. The molecule has 2 rings (SSSR count). The molecule has 31 heavy (non-hydrogen) atoms. The summed E-state index contributed by atoms with van der Waals surface area (Å²) in [7, 11) is 3.18. The zero-order valence-electron chi connectivity index (χ0n) is 17.6. The van der Waals surface area contributed by atoms with Crippen molar-refractivity contribution < 1.29 is 23.9 Å². The Labute approximate surface area is 186 Å². The zero-order valence-corrected chi connectivity index (χ0v) is 18.4. The van der Waals surface area contributed by atoms with Gasteiger partial charge in [-0.1, -0.05) is 35.9 Å². The molecule has 0 radical (unpaired) electrons. The van der Waals surface area contributed by atoms with Crippen molar-refractivity contribution in [3.05, 3.63) is 70.8 Å². The largest absolute Gasteiger partial charge is 0.497 e. The molecule has 1 atom stereocenters. The van der Waals surface area contributed by atoms with Gasteiger partial charge in [-0.2, -0.15) is 0 Å². The summed E-state index contributed by atoms with van der Waals surface area (Å²) in [5, 5.41) is 3.09. The molecule has 0 aliphatic heterocycles. The molecule has 2 amide bonds. The lowest BCUT2D eigenvalue weighted by Gasteiger charge is -2.18. The first-order valence-corrected chi connectivity index (χ1v) is 9.94. The summed E-state index contributed by atoms with van der Waals surface area (Å²) in [4.78, 5) is 37.7. The summed E-state index contributed by atoms with van der Waals surface area (Å²) >= 11 is 5.94. The van der Waals surface area contributed by atoms with Crippen molar-refractivity contribution in [1.82, 2.24) is 10.2 Å². The maximum atomic E-state index is 12.2. The monoisotopic (exact) mass is 444 g/mol. The predicted molar refractivity (Wildman–Crippen MR) is 119 cm³/mol. The van der Waals surface area contributed by atoms with Crippen LogP contribution in [0.2, 0.25) is 5.02 Å². The van der Waals surface area contributed by atoms with E-state index in [1.54, 1.807) is 62.7 Å². The van der Waals surface area contributed by atoms with Crippen LogP contribution in [-0.2, 0) is 25.7 Å². The molecule has 0 heterocycles. The van der Waals surface area contributed by atoms with E-state index in [4.69, 9.17) is 21.1 Å². The number of esters is 1. The highest BCUT2D eigenvalue weighted by molar-refractivity contribution is 6.30. The van der Waals surface area contributed by atoms with Gasteiger partial charge in [0.2, 0.25) is 5.91 Å². The summed E-state index contributed by atoms with van der Waals surface area (Å²) in [6.45, 7) is 1.40. The van der Waals surface area contributed by atoms with Crippen LogP contribution in [0, 0.1) is 0 Å². The number of ether oxygens (including phenoxy) is 2. The van der Waals surface area contributed by atoms with E-state index in [0.29, 0.717) is 17.3 Å². The van der Waals surface area contributed by atoms with Gasteiger partial charge in [0, 0.05) is 24.7 Å². The standard InChI is InChI=1S/C23H25ClN2O5/c1-16(25-21(27)12-9-17-7-10-20(30-3)11-8-17)23(29)31-15-22(28)26(2)14-18-5-4-6-19(24)13-18/h4-13,16H,14-15H2,1-3H3,(H,25,27)/b12-9+/t16-/m1/s1. The van der Waals surface area contributed by atoms with Crippen LogP contribution < -0.4 is 10.1 Å². The van der Waals surface area contributed by atoms with Crippen molar-refractivity contribution in [2.24, 2.45) is 0 Å². The first-order chi connectivity index (χ1) is 14.8. The number of amides is 2. The summed E-state index contributed by atoms with van der Waals surface area (Å²) in [6.07, 6.45) is 2.93. The van der Waals surface area contributed by atoms with Gasteiger partial charge in [0.25, 0.3) is 5.91 Å². The van der Waals surface area contributed by atoms with Crippen LogP contribution in [0.15, 0.2) is 54.6 Å². The van der Waals surface area contributed by atoms with Crippen molar-refractivity contribution in [2.45, 2.75) is 19.5 Å². The molecule has 2 aromatic rings. The zero-order chi connectivity index (χ0) is 22.8. The van der Waals surface area contributed by atoms with Crippen LogP contribution in [0.5, 0.6) is 5.75 Å². The predicted octanol–water partition coefficient (Wildman–Crippen LogP) is 3.07. The number of nitrogens with one attached hydrogen (secondary N) is 1. The maximum absolute atomic E-state index is 12.2. The molecular weight excluding hydrogens is 420 g/mol. The average molecular weight is 445 g/mol. The van der Waals surface area contributed by atoms with Gasteiger partial charge < -0.3 is 19.7 Å². The third-order valence-corrected chi connectivity index (χ3v) is 4.56. The molecule has 8 heteroatoms. The lowest BCUT2D eigenvalue weighted by Crippen LogP contribution is -2.40. The summed E-state index contributed by atoms with van der Waals surface area (Å²) in [6, 6.07) is 13.4. The molecular formula is C23H25ClN2O5. The highest BCUT2D eigenvalue weighted by atomic mass is 35.5. The molecule has 0 saturated heterocycles. The van der Waals surface area contributed by atoms with Gasteiger partial charge in [0.05, 0.1) is 7.11 Å². The minimum atomic E-state index is -0.904. The molecule has 0 unspecified atom stereocenters. The molecule has 7 nitrogen and oxygen atoms in total. The maximum Gasteiger partial charge on any atom is 0.328 e. The topological polar surface area (TPSA) is 84.9 Å². The van der Waals surface area contributed by atoms with Crippen molar-refractivity contribution in [2.75, 3.05) is 20.8 Å². The Morgan fingerprint density at radius 2 is 1.87 bits per heavy atom. The molecule has 2 aromatic carbocycles. The van der Waals surface area contributed by atoms with Gasteiger partial charge >= 0.3 is 5.97 Å². The fraction of sp³-hybridized carbons (Fsp3) is 0.261. The van der Waals surface area contributed by atoms with Crippen LogP contribution >= 0.6 is 11.6 Å². The van der Waals surface area contributed by atoms with E-state index in [1.807, 2.05) is 6.07 Å². The van der Waals surface area contributed by atoms with Crippen LogP contribution in [0.4, 0.5) is 0 Å². The highest BCUT2D eigenvalue weighted by Crippen LogP contribution is 2.13. The van der Waals surface area contributed by atoms with Crippen LogP contribution in [-0.4, -0.2) is 49.5 Å². The van der Waals surface area contributed by atoms with Gasteiger partial charge in [-0.15, -0.1) is 0 Å². The summed E-state index contributed by atoms with van der Waals surface area (Å²) in [5.41, 5.74) is 1.67. The third kappa shape index (κ3) is 8.14. The Morgan fingerprint density at radius 3 is 2.52 bits per heavy atom. The van der Waals surface area contributed by atoms with E-state index in [2.05, 4.69) is 5.32 Å². The van der Waals surface area contributed by atoms with Gasteiger partial charge in [-0.25, -0.2) is 4.79 Å². The second-order valence-corrected chi connectivity index (χ2v) is 7.26. The van der Waals surface area contributed by atoms with Crippen molar-refractivity contribution >= 4 is 35.5 Å². The molecule has 0 saturated carbocycles. The molecule has 0 fully saturated rings. The van der Waals surface area contributed by atoms with E-state index >= 15 is 0 Å². The minimum Gasteiger partial charge on any atom is -0.497 e. The first-order valence-electron chi connectivity index (χ1n) is 9.56. The fourth-order valence-electron chi connectivity index (χ4n) is 2.57. The number of carbonyl (C=O) groups excluding carboxylic acids is 3. The van der Waals surface area contributed by atoms with E-state index in [9.17, 15) is 14.4 Å². The van der Waals surface area contributed by atoms with Crippen LogP contribution in [0.25, 0.3) is 6.08 Å². The lowest BCUT2D eigenvalue weighted by atomic mass is 10.2. The fourth-order valence-corrected chi connectivity index (χ4v) is 2.79. The quantitative estimate of drug-likeness (QED) is 0.474. The molecule has 0 aliphatic rings. The van der Waals surface area contributed by atoms with Gasteiger partial charge in [0.1, 0.15) is 11.8 Å². The average Bonchev–Trinajstić information content (AvgIpc) is 2.76. The molecule has 1 N–H and O–H groups in total. The van der Waals surface area contributed by atoms with Gasteiger partial charge in [-0.05, 0) is 48.4 Å². The molecule has 0 bridgehead atoms. The van der Waals surface area contributed by atoms with E-state index < -0.39 is 24.5 Å². The Balaban J connectivity index is 1.76. The number of hydrogen-bond acceptors (Lipinski definition) is 5. The van der Waals surface area contributed by atoms with Crippen LogP contribution in [0.3, 0.4) is 0 Å². The number of methoxy groups -OCH3 is 1. The normalized spacial score (nSPS) is 11.6. The van der Waals surface area contributed by atoms with Gasteiger partial charge in [-0.3, -0.25) is 9.59 Å². The Morgan fingerprint density at radius 1 is 1.16 bits per heavy atom. The Hall–Kier alpha value is -3.32. The SMILES string of the molecule is COc1ccc(/C=C/C(=O)N[C@H](C)C(=O)OCC(=O)N(C)Cc2cccc(Cl)c2)cc1. The number of likely N-dealkylation sites (N-methyl/N-ethyl adjacent to an activating group) is 1. The van der Waals surface area contributed by atoms with E-state index in [1.165, 1.54) is 17.9 Å². The third-order valence-electron chi connectivity index (χ3n) is 4.33. The summed E-state index contributed by atoms with van der Waals surface area (Å²) in [5.74, 6) is -0.808. The minimum absolute atomic E-state index is 0.333. The molecule has 0 spiro atoms. The number of nitrogens with zero attached hydrogens (tertiary/aromatic N) is 1. The second kappa shape index (κ2) is 11.8. The Bertz CT molecular complexity index is 943. The Kier molecular flexibility index (Phi) is 9.09. The van der Waals surface area contributed by atoms with Gasteiger partial charge in [0.15, 0.2) is 6.61 Å². The molecule has 164 valence electrons. The summed E-state index contributed by atoms with van der Waals surface area (Å²) < 4.78 is 10.1. The number of rotatable bonds is 9. The highest BCUT2D eigenvalue weighted by Gasteiger charge is 2.18. The molecule has 0 aliphatic carbocycles. The number of carbonyl (C=O) groups is 3. The number of hydrogen-bond donors (Lipinski definition) is 1. The smallest absolute Gasteiger partial charge is 0.328 e.